The molecule has 1 aromatic carbocycles. The molecule has 0 spiro atoms. The molecule has 1 atom stereocenters. The van der Waals surface area contributed by atoms with Crippen molar-refractivity contribution in [2.45, 2.75) is 30.7 Å². The number of hydrogen-bond donors (Lipinski definition) is 2. The van der Waals surface area contributed by atoms with Crippen molar-refractivity contribution in [3.8, 4) is 0 Å². The molecule has 0 saturated heterocycles. The van der Waals surface area contributed by atoms with Gasteiger partial charge >= 0.3 is 5.97 Å². The van der Waals surface area contributed by atoms with Gasteiger partial charge in [0.05, 0.1) is 34.7 Å². The average Bonchev–Trinajstić information content (AvgIpc) is 3.09. The lowest BCUT2D eigenvalue weighted by Crippen LogP contribution is -2.24. The number of aromatic nitrogens is 3. The van der Waals surface area contributed by atoms with Crippen molar-refractivity contribution in [3.63, 3.8) is 0 Å². The minimum absolute atomic E-state index is 0.120. The Labute approximate surface area is 160 Å². The summed E-state index contributed by atoms with van der Waals surface area (Å²) in [7, 11) is 0. The summed E-state index contributed by atoms with van der Waals surface area (Å²) >= 11 is 1.38. The first-order valence-corrected chi connectivity index (χ1v) is 9.53. The molecule has 0 radical (unpaired) electrons. The third kappa shape index (κ3) is 4.65. The SMILES string of the molecule is CCOC(=O)c1ccc(NC(=O)[C@@H](CC)Sc2nc3ccncc3[nH]2)cc1. The van der Waals surface area contributed by atoms with Crippen LogP contribution in [-0.2, 0) is 9.53 Å². The molecule has 0 aliphatic carbocycles. The molecule has 0 saturated carbocycles. The highest BCUT2D eigenvalue weighted by molar-refractivity contribution is 8.00. The predicted octanol–water partition coefficient (Wildman–Crippen LogP) is 3.64. The quantitative estimate of drug-likeness (QED) is 0.477. The van der Waals surface area contributed by atoms with E-state index in [1.165, 1.54) is 11.8 Å². The molecule has 1 amide bonds. The van der Waals surface area contributed by atoms with Crippen LogP contribution in [0.1, 0.15) is 30.6 Å². The standard InChI is InChI=1S/C19H20N4O3S/c1-3-16(27-19-22-14-9-10-20-11-15(14)23-19)17(24)21-13-7-5-12(6-8-13)18(25)26-4-2/h5-11,16H,3-4H2,1-2H3,(H,21,24)(H,22,23)/t16-/m1/s1. The molecule has 0 bridgehead atoms. The first-order chi connectivity index (χ1) is 13.1. The molecule has 3 aromatic rings. The van der Waals surface area contributed by atoms with Crippen molar-refractivity contribution < 1.29 is 14.3 Å². The number of ether oxygens (including phenoxy) is 1. The van der Waals surface area contributed by atoms with Gasteiger partial charge in [-0.3, -0.25) is 9.78 Å². The Morgan fingerprint density at radius 1 is 1.22 bits per heavy atom. The maximum absolute atomic E-state index is 12.6. The number of thioether (sulfide) groups is 1. The highest BCUT2D eigenvalue weighted by Gasteiger charge is 2.20. The first-order valence-electron chi connectivity index (χ1n) is 8.65. The number of imidazole rings is 1. The van der Waals surface area contributed by atoms with Gasteiger partial charge in [-0.25, -0.2) is 9.78 Å². The van der Waals surface area contributed by atoms with Crippen molar-refractivity contribution in [2.24, 2.45) is 0 Å². The largest absolute Gasteiger partial charge is 0.462 e. The summed E-state index contributed by atoms with van der Waals surface area (Å²) in [4.78, 5) is 36.0. The van der Waals surface area contributed by atoms with E-state index >= 15 is 0 Å². The zero-order valence-corrected chi connectivity index (χ0v) is 15.9. The van der Waals surface area contributed by atoms with Crippen LogP contribution in [0.25, 0.3) is 11.0 Å². The van der Waals surface area contributed by atoms with Crippen LogP contribution in [0, 0.1) is 0 Å². The first kappa shape index (κ1) is 18.9. The number of nitrogens with zero attached hydrogens (tertiary/aromatic N) is 2. The maximum atomic E-state index is 12.6. The lowest BCUT2D eigenvalue weighted by atomic mass is 10.2. The Morgan fingerprint density at radius 2 is 2.00 bits per heavy atom. The number of carbonyl (C=O) groups excluding carboxylic acids is 2. The fourth-order valence-electron chi connectivity index (χ4n) is 2.47. The molecular weight excluding hydrogens is 364 g/mol. The number of anilines is 1. The zero-order valence-electron chi connectivity index (χ0n) is 15.1. The van der Waals surface area contributed by atoms with E-state index in [4.69, 9.17) is 4.74 Å². The van der Waals surface area contributed by atoms with Crippen LogP contribution in [0.2, 0.25) is 0 Å². The van der Waals surface area contributed by atoms with Gasteiger partial charge in [-0.1, -0.05) is 18.7 Å². The topological polar surface area (TPSA) is 97.0 Å². The number of amides is 1. The zero-order chi connectivity index (χ0) is 19.2. The number of pyridine rings is 1. The van der Waals surface area contributed by atoms with Crippen molar-refractivity contribution in [1.82, 2.24) is 15.0 Å². The van der Waals surface area contributed by atoms with E-state index in [2.05, 4.69) is 20.3 Å². The Morgan fingerprint density at radius 3 is 2.67 bits per heavy atom. The lowest BCUT2D eigenvalue weighted by Gasteiger charge is -2.13. The molecule has 2 N–H and O–H groups in total. The van der Waals surface area contributed by atoms with Crippen LogP contribution in [-0.4, -0.2) is 38.7 Å². The molecule has 0 aliphatic heterocycles. The Balaban J connectivity index is 1.65. The lowest BCUT2D eigenvalue weighted by molar-refractivity contribution is -0.115. The number of nitrogens with one attached hydrogen (secondary N) is 2. The van der Waals surface area contributed by atoms with Crippen LogP contribution in [0.3, 0.4) is 0 Å². The molecule has 0 aliphatic rings. The molecule has 0 fully saturated rings. The minimum atomic E-state index is -0.378. The van der Waals surface area contributed by atoms with Gasteiger partial charge in [-0.05, 0) is 43.7 Å². The summed E-state index contributed by atoms with van der Waals surface area (Å²) in [6.45, 7) is 4.03. The molecule has 7 nitrogen and oxygen atoms in total. The summed E-state index contributed by atoms with van der Waals surface area (Å²) in [5.74, 6) is -0.498. The smallest absolute Gasteiger partial charge is 0.338 e. The molecule has 27 heavy (non-hydrogen) atoms. The van der Waals surface area contributed by atoms with Gasteiger partial charge in [0.15, 0.2) is 5.16 Å². The fourth-order valence-corrected chi connectivity index (χ4v) is 3.40. The van der Waals surface area contributed by atoms with Crippen molar-refractivity contribution in [1.29, 1.82) is 0 Å². The Bertz CT molecular complexity index is 907. The number of benzene rings is 1. The van der Waals surface area contributed by atoms with Crippen LogP contribution >= 0.6 is 11.8 Å². The summed E-state index contributed by atoms with van der Waals surface area (Å²) in [5.41, 5.74) is 2.73. The number of carbonyl (C=O) groups is 2. The Kier molecular flexibility index (Phi) is 6.08. The average molecular weight is 384 g/mol. The van der Waals surface area contributed by atoms with E-state index in [-0.39, 0.29) is 17.1 Å². The third-order valence-electron chi connectivity index (χ3n) is 3.84. The second-order valence-corrected chi connectivity index (χ2v) is 6.93. The van der Waals surface area contributed by atoms with Crippen molar-refractivity contribution >= 4 is 40.4 Å². The predicted molar refractivity (Wildman–Crippen MR) is 105 cm³/mol. The summed E-state index contributed by atoms with van der Waals surface area (Å²) < 4.78 is 4.95. The normalized spacial score (nSPS) is 11.9. The van der Waals surface area contributed by atoms with Gasteiger partial charge in [-0.2, -0.15) is 0 Å². The van der Waals surface area contributed by atoms with Crippen LogP contribution in [0.4, 0.5) is 5.69 Å². The third-order valence-corrected chi connectivity index (χ3v) is 5.09. The van der Waals surface area contributed by atoms with Gasteiger partial charge in [0, 0.05) is 11.9 Å². The number of aromatic amines is 1. The van der Waals surface area contributed by atoms with E-state index < -0.39 is 0 Å². The van der Waals surface area contributed by atoms with Gasteiger partial charge in [0.2, 0.25) is 5.91 Å². The molecule has 0 unspecified atom stereocenters. The second kappa shape index (κ2) is 8.68. The highest BCUT2D eigenvalue weighted by Crippen LogP contribution is 2.26. The number of hydrogen-bond acceptors (Lipinski definition) is 6. The van der Waals surface area contributed by atoms with Crippen molar-refractivity contribution in [2.75, 3.05) is 11.9 Å². The van der Waals surface area contributed by atoms with Crippen molar-refractivity contribution in [3.05, 3.63) is 48.3 Å². The monoisotopic (exact) mass is 384 g/mol. The highest BCUT2D eigenvalue weighted by atomic mass is 32.2. The number of H-pyrrole nitrogens is 1. The van der Waals surface area contributed by atoms with E-state index in [9.17, 15) is 9.59 Å². The molecule has 2 aromatic heterocycles. The number of esters is 1. The number of rotatable bonds is 7. The molecular formula is C19H20N4O3S. The van der Waals surface area contributed by atoms with Gasteiger partial charge in [0.25, 0.3) is 0 Å². The molecule has 2 heterocycles. The van der Waals surface area contributed by atoms with Crippen LogP contribution < -0.4 is 5.32 Å². The minimum Gasteiger partial charge on any atom is -0.462 e. The number of fused-ring (bicyclic) bond motifs is 1. The van der Waals surface area contributed by atoms with E-state index in [1.807, 2.05) is 13.0 Å². The Hall–Kier alpha value is -2.87. The van der Waals surface area contributed by atoms with Gasteiger partial charge in [-0.15, -0.1) is 0 Å². The van der Waals surface area contributed by atoms with E-state index in [0.717, 1.165) is 11.0 Å². The summed E-state index contributed by atoms with van der Waals surface area (Å²) in [6, 6.07) is 8.46. The molecule has 3 rings (SSSR count). The van der Waals surface area contributed by atoms with Gasteiger partial charge in [0.1, 0.15) is 0 Å². The fraction of sp³-hybridized carbons (Fsp3) is 0.263. The van der Waals surface area contributed by atoms with Crippen LogP contribution in [0.15, 0.2) is 47.9 Å². The second-order valence-electron chi connectivity index (χ2n) is 5.74. The van der Waals surface area contributed by atoms with Gasteiger partial charge < -0.3 is 15.0 Å². The summed E-state index contributed by atoms with van der Waals surface area (Å²) in [5, 5.41) is 3.26. The van der Waals surface area contributed by atoms with E-state index in [0.29, 0.717) is 29.4 Å². The molecule has 140 valence electrons. The molecule has 8 heteroatoms. The van der Waals surface area contributed by atoms with E-state index in [1.54, 1.807) is 43.6 Å². The summed E-state index contributed by atoms with van der Waals surface area (Å²) in [6.07, 6.45) is 4.03. The maximum Gasteiger partial charge on any atom is 0.338 e. The van der Waals surface area contributed by atoms with Crippen LogP contribution in [0.5, 0.6) is 0 Å².